The van der Waals surface area contributed by atoms with E-state index in [2.05, 4.69) is 32.7 Å². The van der Waals surface area contributed by atoms with Crippen molar-refractivity contribution in [3.05, 3.63) is 425 Å². The van der Waals surface area contributed by atoms with Crippen LogP contribution in [0.4, 0.5) is 0 Å². The van der Waals surface area contributed by atoms with Gasteiger partial charge in [0.25, 0.3) is 0 Å². The van der Waals surface area contributed by atoms with Gasteiger partial charge in [0.1, 0.15) is 37.4 Å². The summed E-state index contributed by atoms with van der Waals surface area (Å²) in [5.74, 6) is 0. The Morgan fingerprint density at radius 3 is 0.415 bits per heavy atom. The van der Waals surface area contributed by atoms with E-state index in [-0.39, 0.29) is 37.8 Å². The van der Waals surface area contributed by atoms with Gasteiger partial charge in [0.2, 0.25) is 0 Å². The van der Waals surface area contributed by atoms with Crippen LogP contribution in [0.25, 0.3) is 0 Å². The normalized spacial score (nSPS) is 30.3. The highest BCUT2D eigenvalue weighted by molar-refractivity contribution is 7.13. The van der Waals surface area contributed by atoms with E-state index in [0.29, 0.717) is 57.1 Å². The van der Waals surface area contributed by atoms with Crippen LogP contribution in [-0.4, -0.2) is 175 Å². The van der Waals surface area contributed by atoms with Gasteiger partial charge < -0.3 is 101 Å². The Morgan fingerprint density at radius 2 is 0.289 bits per heavy atom. The molecule has 6 aliphatic heterocycles. The summed E-state index contributed by atoms with van der Waals surface area (Å²) in [4.78, 5) is 40.7. The SMILES string of the molecule is C.C.C.C[SiH2]O[Si]1(c2ccccc2)O[Si]2(c3ccccc3)O[Si](O[SiH2]C)(c3ccccc3)O[Si]3(c4ccccc4)O[Si](O[SiH2]C)(c4ccccc4)O[Si](c4ccccc4)(O1)O[Si](c1ccccc1)(O2)O3.C[SiH](C)Cl.O[Si]1(c2ccccc2)O[Si]2(c3ccccc3)O[Si](O)(c3ccccc3)O[Si]3(c4ccccc4)O[Si](O)(c4ccccc4)O[Si](c4ccccc4)(O1)O[Si](c1ccccc1)(O2)O3. The molecule has 0 aliphatic carbocycles. The van der Waals surface area contributed by atoms with Crippen LogP contribution in [-0.2, 0) is 86.4 Å². The summed E-state index contributed by atoms with van der Waals surface area (Å²) in [6.07, 6.45) is 0. The number of benzene rings is 14. The molecule has 8 bridgehead atoms. The maximum Gasteiger partial charge on any atom is 0.520 e. The molecule has 0 unspecified atom stereocenters. The lowest BCUT2D eigenvalue weighted by molar-refractivity contribution is 0.0325. The van der Waals surface area contributed by atoms with E-state index >= 15 is 0 Å². The summed E-state index contributed by atoms with van der Waals surface area (Å²) >= 11 is 5.41. The Kier molecular flexibility index (Phi) is 32.2. The van der Waals surface area contributed by atoms with Crippen molar-refractivity contribution in [2.45, 2.75) is 55.0 Å². The highest BCUT2D eigenvalue weighted by atomic mass is 35.6. The van der Waals surface area contributed by atoms with Crippen LogP contribution in [0.3, 0.4) is 0 Å². The molecule has 0 spiro atoms. The summed E-state index contributed by atoms with van der Waals surface area (Å²) in [5, 5.41) is 6.61. The number of fused-ring (bicyclic) bond motifs is 6. The summed E-state index contributed by atoms with van der Waals surface area (Å²) in [6.45, 7) is 10.3. The monoisotopic (exact) mass is 2130 g/mol. The molecule has 43 heteroatoms. The molecular weight excluding hydrogens is 2030 g/mol. The molecule has 0 saturated carbocycles. The lowest BCUT2D eigenvalue weighted by Crippen LogP contribution is -2.91. The Hall–Kier alpha value is -7.69. The molecule has 14 aromatic carbocycles. The van der Waals surface area contributed by atoms with E-state index in [4.69, 9.17) is 97.5 Å². The van der Waals surface area contributed by atoms with Gasteiger partial charge in [-0.2, -0.15) is 11.1 Å². The molecule has 135 heavy (non-hydrogen) atoms. The summed E-state index contributed by atoms with van der Waals surface area (Å²) in [6, 6.07) is 130. The second-order valence-electron chi connectivity index (χ2n) is 31.1. The first-order valence-corrected chi connectivity index (χ1v) is 77.5. The molecule has 20 rings (SSSR count). The summed E-state index contributed by atoms with van der Waals surface area (Å²) in [5.41, 5.74) is 0. The molecule has 0 radical (unpaired) electrons. The van der Waals surface area contributed by atoms with Gasteiger partial charge in [0, 0.05) is 72.6 Å². The zero-order valence-electron chi connectivity index (χ0n) is 72.4. The first-order chi connectivity index (χ1) is 64.1. The largest absolute Gasteiger partial charge is 0.520 e. The predicted molar refractivity (Wildman–Crippen MR) is 563 cm³/mol. The molecule has 6 saturated heterocycles. The van der Waals surface area contributed by atoms with E-state index in [1.54, 1.807) is 176 Å². The van der Waals surface area contributed by atoms with Crippen LogP contribution in [0.2, 0.25) is 32.7 Å². The maximum atomic E-state index is 13.6. The van der Waals surface area contributed by atoms with Crippen molar-refractivity contribution in [1.82, 2.24) is 0 Å². The molecule has 0 aromatic heterocycles. The molecule has 3 N–H and O–H groups in total. The van der Waals surface area contributed by atoms with Crippen LogP contribution in [0.15, 0.2) is 425 Å². The molecule has 0 atom stereocenters. The van der Waals surface area contributed by atoms with Crippen molar-refractivity contribution in [3.63, 3.8) is 0 Å². The molecular formula is C92H107ClO24Si18. The van der Waals surface area contributed by atoms with Gasteiger partial charge in [-0.15, -0.1) is 0 Å². The third-order valence-electron chi connectivity index (χ3n) is 21.7. The Balaban J connectivity index is 0.000000194. The Morgan fingerprint density at radius 1 is 0.185 bits per heavy atom. The van der Waals surface area contributed by atoms with Crippen molar-refractivity contribution in [2.24, 2.45) is 0 Å². The molecule has 6 fully saturated rings. The fourth-order valence-corrected chi connectivity index (χ4v) is 94.5. The number of rotatable bonds is 20. The van der Waals surface area contributed by atoms with Gasteiger partial charge in [-0.05, 0) is 0 Å². The van der Waals surface area contributed by atoms with E-state index in [9.17, 15) is 14.4 Å². The first kappa shape index (κ1) is 102. The topological polar surface area (TPSA) is 255 Å². The van der Waals surface area contributed by atoms with Crippen LogP contribution < -0.4 is 72.6 Å². The molecule has 6 heterocycles. The van der Waals surface area contributed by atoms with E-state index in [1.807, 2.05) is 249 Å². The minimum Gasteiger partial charge on any atom is -0.419 e. The van der Waals surface area contributed by atoms with Crippen molar-refractivity contribution >= 4 is 244 Å². The van der Waals surface area contributed by atoms with Gasteiger partial charge in [0.05, 0.1) is 0 Å². The van der Waals surface area contributed by atoms with Crippen molar-refractivity contribution in [3.8, 4) is 0 Å². The predicted octanol–water partition coefficient (Wildman–Crippen LogP) is 5.74. The fourth-order valence-electron chi connectivity index (χ4n) is 16.0. The quantitative estimate of drug-likeness (QED) is 0.0608. The third-order valence-corrected chi connectivity index (χ3v) is 83.2. The smallest absolute Gasteiger partial charge is 0.419 e. The van der Waals surface area contributed by atoms with E-state index in [0.717, 1.165) is 0 Å². The highest BCUT2D eigenvalue weighted by Crippen LogP contribution is 2.46. The van der Waals surface area contributed by atoms with Crippen LogP contribution in [0.1, 0.15) is 22.3 Å². The van der Waals surface area contributed by atoms with Gasteiger partial charge in [-0.3, -0.25) is 0 Å². The lowest BCUT2D eigenvalue weighted by atomic mass is 10.4. The standard InChI is InChI=1S/C45H50O12Si10.C42H38O12Si7.C2H7ClSi.3CH4/c1-58-46-61(39-25-11-4-12-26-39)49-64(42-31-17-7-18-32-42)51-62(47-59-2,40-27-13-5-14-28-40)53-66(44-35-21-9-22-36-44)54-63(48-60-3,41-29-15-6-16-30-41)52-65(50-61,43-33-19-8-20-34-43)56-67(55-64,57-66)45-37-23-10-24-38-45;43-55(36-22-8-1-9-23-36)46-58(39-28-14-4-15-29-39)48-56(44,37-24-10-2-11-25-37)50-60(41-32-18-6-19-33-41)51-57(45,38-26-12-3-13-27-38)49-59(47-55,40-30-16-5-17-31-40)53-61(52-58,54-60)42-34-20-7-21-35-42;1-4(2)3;;;/h4-38H,58-60H2,1-3H3;1-35,43-45H;4H,1-2H3;3*1H4. The molecule has 698 valence electrons. The zero-order chi connectivity index (χ0) is 91.1. The summed E-state index contributed by atoms with van der Waals surface area (Å²) < 4.78 is 161. The average molecular weight is 2140 g/mol. The third kappa shape index (κ3) is 20.5. The maximum absolute atomic E-state index is 13.6. The second kappa shape index (κ2) is 42.8. The molecule has 0 amide bonds. The van der Waals surface area contributed by atoms with E-state index in [1.165, 1.54) is 0 Å². The van der Waals surface area contributed by atoms with E-state index < -0.39 is 161 Å². The Labute approximate surface area is 817 Å². The zero-order valence-corrected chi connectivity index (χ0v) is 92.6. The van der Waals surface area contributed by atoms with Gasteiger partial charge in [-0.25, -0.2) is 0 Å². The van der Waals surface area contributed by atoms with Crippen molar-refractivity contribution in [2.75, 3.05) is 0 Å². The van der Waals surface area contributed by atoms with Crippen LogP contribution in [0, 0.1) is 0 Å². The highest BCUT2D eigenvalue weighted by Gasteiger charge is 2.83. The van der Waals surface area contributed by atoms with Gasteiger partial charge >= 0.3 is 123 Å². The second-order valence-corrected chi connectivity index (χ2v) is 79.5. The van der Waals surface area contributed by atoms with Gasteiger partial charge in [-0.1, -0.05) is 480 Å². The van der Waals surface area contributed by atoms with Crippen LogP contribution in [0.5, 0.6) is 0 Å². The fraction of sp³-hybridized carbons (Fsp3) is 0.0870. The Bertz CT molecular complexity index is 5560. The number of hydrogen-bond donors (Lipinski definition) is 3. The number of hydrogen-bond acceptors (Lipinski definition) is 24. The van der Waals surface area contributed by atoms with Gasteiger partial charge in [0.15, 0.2) is 0 Å². The molecule has 24 nitrogen and oxygen atoms in total. The van der Waals surface area contributed by atoms with Crippen LogP contribution >= 0.6 is 11.1 Å². The minimum absolute atomic E-state index is 0. The summed E-state index contributed by atoms with van der Waals surface area (Å²) in [7, 11) is -71.6. The lowest BCUT2D eigenvalue weighted by Gasteiger charge is -2.58. The molecule has 6 aliphatic rings. The first-order valence-electron chi connectivity index (χ1n) is 43.2. The minimum atomic E-state index is -5.04. The van der Waals surface area contributed by atoms with Crippen molar-refractivity contribution in [1.29, 1.82) is 0 Å². The number of halogens is 1. The van der Waals surface area contributed by atoms with Crippen molar-refractivity contribution < 1.29 is 101 Å². The molecule has 14 aromatic rings. The average Bonchev–Trinajstić information content (AvgIpc) is 0.689.